The van der Waals surface area contributed by atoms with Gasteiger partial charge in [0.25, 0.3) is 0 Å². The molecule has 158 valence electrons. The minimum absolute atomic E-state index is 0.00611. The maximum absolute atomic E-state index is 13.4. The van der Waals surface area contributed by atoms with Crippen molar-refractivity contribution in [3.63, 3.8) is 0 Å². The number of fused-ring (bicyclic) bond motifs is 2. The second kappa shape index (κ2) is 6.59. The first-order chi connectivity index (χ1) is 13.9. The Morgan fingerprint density at radius 3 is 2.23 bits per heavy atom. The summed E-state index contributed by atoms with van der Waals surface area (Å²) in [5, 5.41) is 0. The number of sulfonamides is 1. The molecule has 2 aromatic carbocycles. The van der Waals surface area contributed by atoms with Crippen molar-refractivity contribution in [3.8, 4) is 0 Å². The van der Waals surface area contributed by atoms with Crippen LogP contribution in [0.25, 0.3) is 0 Å². The topological polar surface area (TPSA) is 71.5 Å². The summed E-state index contributed by atoms with van der Waals surface area (Å²) in [5.74, 6) is -0.965. The Morgan fingerprint density at radius 2 is 1.57 bits per heavy atom. The number of ketones is 2. The average molecular weight is 426 g/mol. The summed E-state index contributed by atoms with van der Waals surface area (Å²) < 4.78 is 26.8. The van der Waals surface area contributed by atoms with Crippen molar-refractivity contribution < 1.29 is 18.0 Å². The first-order valence-corrected chi connectivity index (χ1v) is 11.6. The number of nitrogens with zero attached hydrogens (tertiary/aromatic N) is 1. The van der Waals surface area contributed by atoms with Crippen LogP contribution in [0.1, 0.15) is 72.4 Å². The zero-order valence-electron chi connectivity index (χ0n) is 18.0. The molecule has 5 nitrogen and oxygen atoms in total. The SMILES string of the molecule is CN1C(C(=O)c2ccc3c(c2)C(C)(C)CCC3(C)C)C(=O)c2ccccc2S1(=O)=O. The number of benzene rings is 2. The van der Waals surface area contributed by atoms with Gasteiger partial charge in [-0.25, -0.2) is 8.42 Å². The van der Waals surface area contributed by atoms with E-state index in [4.69, 9.17) is 0 Å². The number of hydrogen-bond acceptors (Lipinski definition) is 4. The van der Waals surface area contributed by atoms with Crippen LogP contribution in [0.4, 0.5) is 0 Å². The summed E-state index contributed by atoms with van der Waals surface area (Å²) in [6, 6.07) is 10.3. The van der Waals surface area contributed by atoms with Gasteiger partial charge >= 0.3 is 0 Å². The number of Topliss-reactive ketones (excluding diaryl/α,β-unsaturated/α-hetero) is 2. The van der Waals surface area contributed by atoms with Crippen LogP contribution in [0, 0.1) is 0 Å². The highest BCUT2D eigenvalue weighted by atomic mass is 32.2. The Morgan fingerprint density at radius 1 is 0.967 bits per heavy atom. The maximum atomic E-state index is 13.4. The van der Waals surface area contributed by atoms with E-state index in [1.54, 1.807) is 18.2 Å². The third kappa shape index (κ3) is 2.96. The average Bonchev–Trinajstić information content (AvgIpc) is 2.70. The predicted molar refractivity (Wildman–Crippen MR) is 116 cm³/mol. The van der Waals surface area contributed by atoms with E-state index in [0.717, 1.165) is 22.7 Å². The van der Waals surface area contributed by atoms with Crippen LogP contribution in [0.5, 0.6) is 0 Å². The highest BCUT2D eigenvalue weighted by molar-refractivity contribution is 7.89. The van der Waals surface area contributed by atoms with E-state index in [2.05, 4.69) is 27.7 Å². The number of carbonyl (C=O) groups excluding carboxylic acids is 2. The van der Waals surface area contributed by atoms with Crippen molar-refractivity contribution in [1.82, 2.24) is 4.31 Å². The molecule has 0 amide bonds. The van der Waals surface area contributed by atoms with Gasteiger partial charge in [-0.2, -0.15) is 4.31 Å². The second-order valence-corrected chi connectivity index (χ2v) is 11.6. The van der Waals surface area contributed by atoms with Crippen LogP contribution in [-0.4, -0.2) is 37.4 Å². The summed E-state index contributed by atoms with van der Waals surface area (Å²) in [6.07, 6.45) is 2.05. The van der Waals surface area contributed by atoms with E-state index >= 15 is 0 Å². The van der Waals surface area contributed by atoms with Crippen LogP contribution in [0.15, 0.2) is 47.4 Å². The normalized spacial score (nSPS) is 24.0. The Bertz CT molecular complexity index is 1180. The molecule has 1 aliphatic heterocycles. The lowest BCUT2D eigenvalue weighted by Gasteiger charge is -2.42. The van der Waals surface area contributed by atoms with Crippen molar-refractivity contribution in [2.75, 3.05) is 7.05 Å². The maximum Gasteiger partial charge on any atom is 0.244 e. The van der Waals surface area contributed by atoms with Crippen LogP contribution in [0.2, 0.25) is 0 Å². The minimum atomic E-state index is -3.92. The van der Waals surface area contributed by atoms with Gasteiger partial charge in [-0.15, -0.1) is 0 Å². The fourth-order valence-corrected chi connectivity index (χ4v) is 6.16. The molecule has 2 aliphatic rings. The smallest absolute Gasteiger partial charge is 0.244 e. The predicted octanol–water partition coefficient (Wildman–Crippen LogP) is 4.10. The van der Waals surface area contributed by atoms with E-state index in [9.17, 15) is 18.0 Å². The van der Waals surface area contributed by atoms with E-state index < -0.39 is 27.6 Å². The van der Waals surface area contributed by atoms with Crippen molar-refractivity contribution >= 4 is 21.6 Å². The van der Waals surface area contributed by atoms with E-state index in [0.29, 0.717) is 5.56 Å². The minimum Gasteiger partial charge on any atom is -0.292 e. The van der Waals surface area contributed by atoms with Gasteiger partial charge in [0, 0.05) is 18.2 Å². The van der Waals surface area contributed by atoms with Crippen molar-refractivity contribution in [3.05, 3.63) is 64.7 Å². The van der Waals surface area contributed by atoms with Gasteiger partial charge in [0.15, 0.2) is 17.6 Å². The van der Waals surface area contributed by atoms with Gasteiger partial charge < -0.3 is 0 Å². The summed E-state index contributed by atoms with van der Waals surface area (Å²) in [7, 11) is -2.62. The highest BCUT2D eigenvalue weighted by Crippen LogP contribution is 2.46. The van der Waals surface area contributed by atoms with Crippen molar-refractivity contribution in [2.24, 2.45) is 0 Å². The third-order valence-corrected chi connectivity index (χ3v) is 8.69. The fourth-order valence-electron chi connectivity index (χ4n) is 4.69. The molecular weight excluding hydrogens is 398 g/mol. The molecule has 1 heterocycles. The lowest BCUT2D eigenvalue weighted by molar-refractivity contribution is 0.0784. The molecule has 1 aliphatic carbocycles. The monoisotopic (exact) mass is 425 g/mol. The van der Waals surface area contributed by atoms with E-state index in [1.807, 2.05) is 12.1 Å². The van der Waals surface area contributed by atoms with Crippen LogP contribution in [-0.2, 0) is 20.9 Å². The van der Waals surface area contributed by atoms with Crippen molar-refractivity contribution in [1.29, 1.82) is 0 Å². The van der Waals surface area contributed by atoms with Gasteiger partial charge in [-0.1, -0.05) is 52.0 Å². The Hall–Kier alpha value is -2.31. The Labute approximate surface area is 178 Å². The third-order valence-electron chi connectivity index (χ3n) is 6.81. The molecule has 2 aromatic rings. The number of likely N-dealkylation sites (N-methyl/N-ethyl adjacent to an activating group) is 1. The summed E-state index contributed by atoms with van der Waals surface area (Å²) in [6.45, 7) is 8.72. The van der Waals surface area contributed by atoms with E-state index in [-0.39, 0.29) is 21.3 Å². The molecule has 4 rings (SSSR count). The fraction of sp³-hybridized carbons (Fsp3) is 0.417. The number of carbonyl (C=O) groups is 2. The quantitative estimate of drug-likeness (QED) is 0.536. The van der Waals surface area contributed by atoms with Gasteiger partial charge in [0.05, 0.1) is 4.90 Å². The summed E-state index contributed by atoms with van der Waals surface area (Å²) >= 11 is 0. The molecule has 1 unspecified atom stereocenters. The molecule has 0 saturated carbocycles. The van der Waals surface area contributed by atoms with Crippen LogP contribution >= 0.6 is 0 Å². The number of hydrogen-bond donors (Lipinski definition) is 0. The molecule has 0 saturated heterocycles. The van der Waals surface area contributed by atoms with Crippen LogP contribution in [0.3, 0.4) is 0 Å². The molecule has 0 aromatic heterocycles. The zero-order valence-corrected chi connectivity index (χ0v) is 18.8. The first-order valence-electron chi connectivity index (χ1n) is 10.2. The summed E-state index contributed by atoms with van der Waals surface area (Å²) in [5.41, 5.74) is 2.66. The molecule has 0 spiro atoms. The van der Waals surface area contributed by atoms with Gasteiger partial charge in [-0.3, -0.25) is 9.59 Å². The molecule has 0 bridgehead atoms. The van der Waals surface area contributed by atoms with Gasteiger partial charge in [0.2, 0.25) is 10.0 Å². The summed E-state index contributed by atoms with van der Waals surface area (Å²) in [4.78, 5) is 26.5. The molecule has 0 N–H and O–H groups in total. The van der Waals surface area contributed by atoms with Gasteiger partial charge in [-0.05, 0) is 53.0 Å². The molecule has 0 radical (unpaired) electrons. The van der Waals surface area contributed by atoms with Crippen LogP contribution < -0.4 is 0 Å². The zero-order chi connectivity index (χ0) is 22.1. The Kier molecular flexibility index (Phi) is 4.60. The molecule has 0 fully saturated rings. The van der Waals surface area contributed by atoms with E-state index in [1.165, 1.54) is 24.7 Å². The second-order valence-electron chi connectivity index (χ2n) is 9.68. The first kappa shape index (κ1) is 20.9. The number of rotatable bonds is 2. The molecule has 1 atom stereocenters. The molecular formula is C24H27NO4S. The Balaban J connectivity index is 1.82. The molecule has 30 heavy (non-hydrogen) atoms. The largest absolute Gasteiger partial charge is 0.292 e. The van der Waals surface area contributed by atoms with Gasteiger partial charge in [0.1, 0.15) is 0 Å². The standard InChI is InChI=1S/C24H27NO4S/c1-23(2)12-13-24(3,4)18-14-15(10-11-17(18)23)21(26)20-22(27)16-8-6-7-9-19(16)30(28,29)25(20)5/h6-11,14,20H,12-13H2,1-5H3. The highest BCUT2D eigenvalue weighted by Gasteiger charge is 2.46. The van der Waals surface area contributed by atoms with Crippen molar-refractivity contribution in [2.45, 2.75) is 62.3 Å². The lowest BCUT2D eigenvalue weighted by Crippen LogP contribution is -2.51. The lowest BCUT2D eigenvalue weighted by atomic mass is 9.63. The molecule has 6 heteroatoms.